The molecule has 5 heteroatoms. The first kappa shape index (κ1) is 60.1. The second-order valence-corrected chi connectivity index (χ2v) is 18.5. The Morgan fingerprint density at radius 3 is 1.11 bits per heavy atom. The standard InChI is InChI=1S/C57H106O5/c1-4-7-10-13-16-19-22-25-26-27-28-29-30-31-34-37-40-43-46-49-52-60-53-55(62-57(59)51-48-45-42-39-36-33-24-21-18-15-12-9-6-3)54-61-56(58)50-47-44-41-38-35-32-23-20-17-14-11-8-5-2/h16,19,25-26,28-29,55H,4-15,17-18,20-24,27,30-54H2,1-3H3/b19-16-,26-25-,29-28-. The summed E-state index contributed by atoms with van der Waals surface area (Å²) in [5.74, 6) is -0.385. The monoisotopic (exact) mass is 871 g/mol. The van der Waals surface area contributed by atoms with E-state index in [9.17, 15) is 9.59 Å². The Kier molecular flexibility index (Phi) is 51.8. The summed E-state index contributed by atoms with van der Waals surface area (Å²) in [6.45, 7) is 7.83. The molecule has 0 rings (SSSR count). The predicted octanol–water partition coefficient (Wildman–Crippen LogP) is 18.6. The van der Waals surface area contributed by atoms with Gasteiger partial charge in [-0.15, -0.1) is 0 Å². The molecule has 0 aromatic rings. The van der Waals surface area contributed by atoms with Crippen LogP contribution >= 0.6 is 0 Å². The third kappa shape index (κ3) is 50.8. The number of carbonyl (C=O) groups is 2. The van der Waals surface area contributed by atoms with Gasteiger partial charge in [0.15, 0.2) is 6.10 Å². The van der Waals surface area contributed by atoms with Crippen LogP contribution in [0, 0.1) is 0 Å². The minimum absolute atomic E-state index is 0.0877. The Morgan fingerprint density at radius 2 is 0.677 bits per heavy atom. The van der Waals surface area contributed by atoms with Crippen LogP contribution in [0.2, 0.25) is 0 Å². The number of allylic oxidation sites excluding steroid dienone is 6. The highest BCUT2D eigenvalue weighted by Crippen LogP contribution is 2.16. The topological polar surface area (TPSA) is 61.8 Å². The number of carbonyl (C=O) groups excluding carboxylic acids is 2. The minimum atomic E-state index is -0.535. The zero-order chi connectivity index (χ0) is 44.9. The van der Waals surface area contributed by atoms with Crippen LogP contribution in [-0.4, -0.2) is 37.9 Å². The van der Waals surface area contributed by atoms with E-state index in [0.717, 1.165) is 51.4 Å². The fourth-order valence-electron chi connectivity index (χ4n) is 8.05. The maximum absolute atomic E-state index is 12.8. The first-order valence-electron chi connectivity index (χ1n) is 27.5. The molecule has 0 amide bonds. The van der Waals surface area contributed by atoms with Gasteiger partial charge in [0.2, 0.25) is 0 Å². The van der Waals surface area contributed by atoms with Gasteiger partial charge in [-0.2, -0.15) is 0 Å². The van der Waals surface area contributed by atoms with Crippen LogP contribution in [0.4, 0.5) is 0 Å². The maximum atomic E-state index is 12.8. The highest BCUT2D eigenvalue weighted by molar-refractivity contribution is 5.70. The first-order chi connectivity index (χ1) is 30.6. The van der Waals surface area contributed by atoms with E-state index >= 15 is 0 Å². The molecular formula is C57H106O5. The summed E-state index contributed by atoms with van der Waals surface area (Å²) in [6.07, 6.45) is 64.4. The van der Waals surface area contributed by atoms with Gasteiger partial charge in [-0.25, -0.2) is 0 Å². The van der Waals surface area contributed by atoms with Crippen molar-refractivity contribution in [3.63, 3.8) is 0 Å². The second-order valence-electron chi connectivity index (χ2n) is 18.5. The van der Waals surface area contributed by atoms with E-state index in [0.29, 0.717) is 19.4 Å². The van der Waals surface area contributed by atoms with Gasteiger partial charge >= 0.3 is 11.9 Å². The van der Waals surface area contributed by atoms with Gasteiger partial charge in [0.05, 0.1) is 6.61 Å². The molecule has 5 nitrogen and oxygen atoms in total. The van der Waals surface area contributed by atoms with Gasteiger partial charge in [0, 0.05) is 19.4 Å². The molecule has 0 saturated heterocycles. The normalized spacial score (nSPS) is 12.4. The molecule has 0 aliphatic rings. The van der Waals surface area contributed by atoms with Crippen molar-refractivity contribution in [1.82, 2.24) is 0 Å². The Morgan fingerprint density at radius 1 is 0.355 bits per heavy atom. The van der Waals surface area contributed by atoms with Gasteiger partial charge < -0.3 is 14.2 Å². The first-order valence-corrected chi connectivity index (χ1v) is 27.5. The molecule has 0 N–H and O–H groups in total. The predicted molar refractivity (Wildman–Crippen MR) is 270 cm³/mol. The van der Waals surface area contributed by atoms with Crippen LogP contribution in [-0.2, 0) is 23.8 Å². The van der Waals surface area contributed by atoms with Crippen molar-refractivity contribution in [3.8, 4) is 0 Å². The third-order valence-corrected chi connectivity index (χ3v) is 12.2. The summed E-state index contributed by atoms with van der Waals surface area (Å²) in [4.78, 5) is 25.4. The Balaban J connectivity index is 4.22. The fourth-order valence-corrected chi connectivity index (χ4v) is 8.05. The lowest BCUT2D eigenvalue weighted by Gasteiger charge is -2.18. The highest BCUT2D eigenvalue weighted by Gasteiger charge is 2.17. The summed E-state index contributed by atoms with van der Waals surface area (Å²) >= 11 is 0. The number of esters is 2. The van der Waals surface area contributed by atoms with Crippen LogP contribution in [0.25, 0.3) is 0 Å². The molecule has 0 aromatic heterocycles. The van der Waals surface area contributed by atoms with Crippen molar-refractivity contribution in [3.05, 3.63) is 36.5 Å². The summed E-state index contributed by atoms with van der Waals surface area (Å²) in [5.41, 5.74) is 0. The lowest BCUT2D eigenvalue weighted by molar-refractivity contribution is -0.163. The van der Waals surface area contributed by atoms with E-state index < -0.39 is 6.10 Å². The van der Waals surface area contributed by atoms with Gasteiger partial charge in [-0.05, 0) is 57.8 Å². The van der Waals surface area contributed by atoms with Crippen LogP contribution in [0.5, 0.6) is 0 Å². The average Bonchev–Trinajstić information content (AvgIpc) is 3.27. The molecule has 0 spiro atoms. The van der Waals surface area contributed by atoms with E-state index in [1.165, 1.54) is 205 Å². The summed E-state index contributed by atoms with van der Waals surface area (Å²) in [5, 5.41) is 0. The average molecular weight is 871 g/mol. The molecule has 0 aromatic carbocycles. The van der Waals surface area contributed by atoms with Gasteiger partial charge in [0.1, 0.15) is 6.61 Å². The fraction of sp³-hybridized carbons (Fsp3) is 0.860. The van der Waals surface area contributed by atoms with Crippen molar-refractivity contribution in [1.29, 1.82) is 0 Å². The SMILES string of the molecule is CCCCC/C=C\C/C=C\C/C=C\CCCCCCCCCOCC(COC(=O)CCCCCCCCCCCCCCC)OC(=O)CCCCCCCCCCCCCCC. The molecule has 0 radical (unpaired) electrons. The van der Waals surface area contributed by atoms with Crippen molar-refractivity contribution in [2.45, 2.75) is 297 Å². The van der Waals surface area contributed by atoms with Crippen LogP contribution < -0.4 is 0 Å². The Labute approximate surface area is 387 Å². The zero-order valence-electron chi connectivity index (χ0n) is 41.9. The van der Waals surface area contributed by atoms with Gasteiger partial charge in [-0.3, -0.25) is 9.59 Å². The molecule has 0 fully saturated rings. The van der Waals surface area contributed by atoms with E-state index in [2.05, 4.69) is 57.2 Å². The van der Waals surface area contributed by atoms with Crippen molar-refractivity contribution < 1.29 is 23.8 Å². The lowest BCUT2D eigenvalue weighted by Crippen LogP contribution is -2.30. The molecular weight excluding hydrogens is 765 g/mol. The maximum Gasteiger partial charge on any atom is 0.306 e. The van der Waals surface area contributed by atoms with E-state index in [4.69, 9.17) is 14.2 Å². The largest absolute Gasteiger partial charge is 0.462 e. The van der Waals surface area contributed by atoms with Crippen molar-refractivity contribution in [2.75, 3.05) is 19.8 Å². The summed E-state index contributed by atoms with van der Waals surface area (Å²) < 4.78 is 17.4. The van der Waals surface area contributed by atoms with E-state index in [1.54, 1.807) is 0 Å². The minimum Gasteiger partial charge on any atom is -0.462 e. The number of unbranched alkanes of at least 4 members (excludes halogenated alkanes) is 34. The van der Waals surface area contributed by atoms with Crippen LogP contribution in [0.1, 0.15) is 290 Å². The number of hydrogen-bond donors (Lipinski definition) is 0. The molecule has 0 bridgehead atoms. The molecule has 0 aliphatic carbocycles. The van der Waals surface area contributed by atoms with Crippen molar-refractivity contribution in [2.24, 2.45) is 0 Å². The number of hydrogen-bond acceptors (Lipinski definition) is 5. The number of ether oxygens (including phenoxy) is 3. The van der Waals surface area contributed by atoms with Crippen molar-refractivity contribution >= 4 is 11.9 Å². The molecule has 0 saturated carbocycles. The quantitative estimate of drug-likeness (QED) is 0.0346. The van der Waals surface area contributed by atoms with Gasteiger partial charge in [0.25, 0.3) is 0 Å². The molecule has 1 atom stereocenters. The highest BCUT2D eigenvalue weighted by atomic mass is 16.6. The molecule has 1 unspecified atom stereocenters. The smallest absolute Gasteiger partial charge is 0.306 e. The molecule has 62 heavy (non-hydrogen) atoms. The second kappa shape index (κ2) is 53.5. The summed E-state index contributed by atoms with van der Waals surface area (Å²) in [7, 11) is 0. The van der Waals surface area contributed by atoms with Gasteiger partial charge in [-0.1, -0.05) is 256 Å². The Hall–Kier alpha value is -1.88. The zero-order valence-corrected chi connectivity index (χ0v) is 41.9. The van der Waals surface area contributed by atoms with Crippen LogP contribution in [0.15, 0.2) is 36.5 Å². The molecule has 0 aliphatic heterocycles. The molecule has 0 heterocycles. The van der Waals surface area contributed by atoms with Crippen LogP contribution in [0.3, 0.4) is 0 Å². The lowest BCUT2D eigenvalue weighted by atomic mass is 10.0. The van der Waals surface area contributed by atoms with E-state index in [1.807, 2.05) is 0 Å². The van der Waals surface area contributed by atoms with E-state index in [-0.39, 0.29) is 25.2 Å². The summed E-state index contributed by atoms with van der Waals surface area (Å²) in [6, 6.07) is 0. The number of rotatable bonds is 51. The molecule has 364 valence electrons. The third-order valence-electron chi connectivity index (χ3n) is 12.2. The Bertz CT molecular complexity index is 986.